The van der Waals surface area contributed by atoms with Crippen LogP contribution in [0.4, 0.5) is 0 Å². The van der Waals surface area contributed by atoms with Gasteiger partial charge >= 0.3 is 11.9 Å². The first-order valence-corrected chi connectivity index (χ1v) is 6.97. The highest BCUT2D eigenvalue weighted by atomic mass is 16.4. The summed E-state index contributed by atoms with van der Waals surface area (Å²) in [5, 5.41) is 20.0. The molecule has 0 heterocycles. The Morgan fingerprint density at radius 3 is 2.05 bits per heavy atom. The highest BCUT2D eigenvalue weighted by Crippen LogP contribution is 2.22. The van der Waals surface area contributed by atoms with Crippen molar-refractivity contribution in [3.05, 3.63) is 35.4 Å². The monoisotopic (exact) mass is 307 g/mol. The van der Waals surface area contributed by atoms with Gasteiger partial charge in [-0.1, -0.05) is 32.9 Å². The normalized spacial score (nSPS) is 12.5. The summed E-state index contributed by atoms with van der Waals surface area (Å²) < 4.78 is 0. The number of carboxylic acids is 2. The van der Waals surface area contributed by atoms with Crippen LogP contribution in [0.15, 0.2) is 24.3 Å². The van der Waals surface area contributed by atoms with Crippen LogP contribution in [0.25, 0.3) is 0 Å². The third-order valence-electron chi connectivity index (χ3n) is 3.26. The fourth-order valence-electron chi connectivity index (χ4n) is 1.89. The zero-order chi connectivity index (χ0) is 16.9. The van der Waals surface area contributed by atoms with Crippen molar-refractivity contribution in [3.8, 4) is 0 Å². The fraction of sp³-hybridized carbons (Fsp3) is 0.438. The molecule has 3 N–H and O–H groups in total. The van der Waals surface area contributed by atoms with Crippen molar-refractivity contribution in [2.75, 3.05) is 0 Å². The maximum absolute atomic E-state index is 12.0. The lowest BCUT2D eigenvalue weighted by Gasteiger charge is -2.19. The maximum Gasteiger partial charge on any atom is 0.326 e. The van der Waals surface area contributed by atoms with Crippen LogP contribution < -0.4 is 5.32 Å². The highest BCUT2D eigenvalue weighted by molar-refractivity contribution is 5.96. The van der Waals surface area contributed by atoms with Gasteiger partial charge < -0.3 is 15.5 Å². The molecule has 1 aromatic carbocycles. The van der Waals surface area contributed by atoms with E-state index in [0.717, 1.165) is 5.56 Å². The van der Waals surface area contributed by atoms with E-state index in [1.807, 2.05) is 12.1 Å². The number of hydrogen-bond donors (Lipinski definition) is 3. The second-order valence-corrected chi connectivity index (χ2v) is 6.12. The largest absolute Gasteiger partial charge is 0.481 e. The summed E-state index contributed by atoms with van der Waals surface area (Å²) in [6, 6.07) is 5.69. The smallest absolute Gasteiger partial charge is 0.326 e. The standard InChI is InChI=1S/C16H21NO5/c1-16(2,3)11-6-4-10(5-7-11)14(20)17-12(15(21)22)8-9-13(18)19/h4-7,12H,8-9H2,1-3H3,(H,17,20)(H,18,19)(H,21,22)/t12-/m0/s1. The molecular weight excluding hydrogens is 286 g/mol. The second-order valence-electron chi connectivity index (χ2n) is 6.12. The molecule has 0 aliphatic rings. The number of nitrogens with one attached hydrogen (secondary N) is 1. The molecule has 0 saturated carbocycles. The van der Waals surface area contributed by atoms with Crippen LogP contribution in [0.2, 0.25) is 0 Å². The number of amides is 1. The number of carboxylic acid groups (broad SMARTS) is 2. The van der Waals surface area contributed by atoms with Gasteiger partial charge in [0, 0.05) is 12.0 Å². The zero-order valence-electron chi connectivity index (χ0n) is 12.9. The maximum atomic E-state index is 12.0. The van der Waals surface area contributed by atoms with Gasteiger partial charge in [0.25, 0.3) is 5.91 Å². The van der Waals surface area contributed by atoms with Crippen LogP contribution in [0.3, 0.4) is 0 Å². The summed E-state index contributed by atoms with van der Waals surface area (Å²) in [6.07, 6.45) is -0.476. The van der Waals surface area contributed by atoms with Crippen molar-refractivity contribution >= 4 is 17.8 Å². The van der Waals surface area contributed by atoms with Crippen molar-refractivity contribution in [1.82, 2.24) is 5.32 Å². The Morgan fingerprint density at radius 1 is 1.09 bits per heavy atom. The van der Waals surface area contributed by atoms with Gasteiger partial charge in [-0.25, -0.2) is 4.79 Å². The highest BCUT2D eigenvalue weighted by Gasteiger charge is 2.22. The van der Waals surface area contributed by atoms with E-state index in [0.29, 0.717) is 5.56 Å². The molecule has 0 fully saturated rings. The SMILES string of the molecule is CC(C)(C)c1ccc(C(=O)N[C@@H](CCC(=O)O)C(=O)O)cc1. The number of rotatable bonds is 6. The average Bonchev–Trinajstić information content (AvgIpc) is 2.41. The van der Waals surface area contributed by atoms with Gasteiger partial charge in [0.1, 0.15) is 6.04 Å². The van der Waals surface area contributed by atoms with Gasteiger partial charge in [0.15, 0.2) is 0 Å². The molecule has 6 heteroatoms. The van der Waals surface area contributed by atoms with Crippen molar-refractivity contribution < 1.29 is 24.6 Å². The second kappa shape index (κ2) is 7.06. The first kappa shape index (κ1) is 17.7. The van der Waals surface area contributed by atoms with E-state index < -0.39 is 23.9 Å². The lowest BCUT2D eigenvalue weighted by atomic mass is 9.86. The Kier molecular flexibility index (Phi) is 5.68. The summed E-state index contributed by atoms with van der Waals surface area (Å²) >= 11 is 0. The molecule has 1 rings (SSSR count). The van der Waals surface area contributed by atoms with Gasteiger partial charge in [-0.2, -0.15) is 0 Å². The number of carbonyl (C=O) groups is 3. The summed E-state index contributed by atoms with van der Waals surface area (Å²) in [4.78, 5) is 33.6. The van der Waals surface area contributed by atoms with Crippen molar-refractivity contribution in [2.45, 2.75) is 45.1 Å². The molecule has 0 aliphatic carbocycles. The van der Waals surface area contributed by atoms with Crippen molar-refractivity contribution in [2.24, 2.45) is 0 Å². The molecule has 22 heavy (non-hydrogen) atoms. The van der Waals surface area contributed by atoms with Gasteiger partial charge in [-0.05, 0) is 29.5 Å². The molecular formula is C16H21NO5. The first-order chi connectivity index (χ1) is 10.1. The summed E-state index contributed by atoms with van der Waals surface area (Å²) in [6.45, 7) is 6.15. The minimum Gasteiger partial charge on any atom is -0.481 e. The molecule has 6 nitrogen and oxygen atoms in total. The number of carbonyl (C=O) groups excluding carboxylic acids is 1. The Bertz CT molecular complexity index is 557. The van der Waals surface area contributed by atoms with Crippen LogP contribution in [-0.2, 0) is 15.0 Å². The fourth-order valence-corrected chi connectivity index (χ4v) is 1.89. The molecule has 1 amide bonds. The molecule has 0 unspecified atom stereocenters. The van der Waals surface area contributed by atoms with E-state index in [4.69, 9.17) is 10.2 Å². The van der Waals surface area contributed by atoms with Crippen LogP contribution >= 0.6 is 0 Å². The molecule has 1 aromatic rings. The van der Waals surface area contributed by atoms with Gasteiger partial charge in [0.2, 0.25) is 0 Å². The van der Waals surface area contributed by atoms with Crippen LogP contribution in [0, 0.1) is 0 Å². The van der Waals surface area contributed by atoms with Gasteiger partial charge in [-0.3, -0.25) is 9.59 Å². The van der Waals surface area contributed by atoms with Crippen LogP contribution in [0.1, 0.15) is 49.5 Å². The number of hydrogen-bond acceptors (Lipinski definition) is 3. The molecule has 0 radical (unpaired) electrons. The average molecular weight is 307 g/mol. The van der Waals surface area contributed by atoms with E-state index in [-0.39, 0.29) is 18.3 Å². The Hall–Kier alpha value is -2.37. The lowest BCUT2D eigenvalue weighted by molar-refractivity contribution is -0.140. The minimum absolute atomic E-state index is 0.0416. The Morgan fingerprint density at radius 2 is 1.64 bits per heavy atom. The lowest BCUT2D eigenvalue weighted by Crippen LogP contribution is -2.41. The molecule has 0 saturated heterocycles. The number of aliphatic carboxylic acids is 2. The number of benzene rings is 1. The van der Waals surface area contributed by atoms with Crippen molar-refractivity contribution in [3.63, 3.8) is 0 Å². The molecule has 0 aromatic heterocycles. The molecule has 0 aliphatic heterocycles. The third kappa shape index (κ3) is 5.20. The molecule has 0 spiro atoms. The van der Waals surface area contributed by atoms with E-state index in [9.17, 15) is 14.4 Å². The molecule has 0 bridgehead atoms. The topological polar surface area (TPSA) is 104 Å². The van der Waals surface area contributed by atoms with Gasteiger partial charge in [0.05, 0.1) is 0 Å². The predicted octanol–water partition coefficient (Wildman–Crippen LogP) is 2.03. The minimum atomic E-state index is -1.25. The van der Waals surface area contributed by atoms with Crippen molar-refractivity contribution in [1.29, 1.82) is 0 Å². The molecule has 1 atom stereocenters. The van der Waals surface area contributed by atoms with Gasteiger partial charge in [-0.15, -0.1) is 0 Å². The summed E-state index contributed by atoms with van der Waals surface area (Å²) in [5.41, 5.74) is 1.36. The van der Waals surface area contributed by atoms with Crippen LogP contribution in [-0.4, -0.2) is 34.1 Å². The Balaban J connectivity index is 2.77. The quantitative estimate of drug-likeness (QED) is 0.746. The summed E-state index contributed by atoms with van der Waals surface area (Å²) in [7, 11) is 0. The Labute approximate surface area is 129 Å². The molecule has 120 valence electrons. The van der Waals surface area contributed by atoms with E-state index in [2.05, 4.69) is 26.1 Å². The van der Waals surface area contributed by atoms with Crippen LogP contribution in [0.5, 0.6) is 0 Å². The zero-order valence-corrected chi connectivity index (χ0v) is 12.9. The third-order valence-corrected chi connectivity index (χ3v) is 3.26. The summed E-state index contributed by atoms with van der Waals surface area (Å²) in [5.74, 6) is -2.88. The van der Waals surface area contributed by atoms with E-state index >= 15 is 0 Å². The van der Waals surface area contributed by atoms with E-state index in [1.54, 1.807) is 12.1 Å². The first-order valence-electron chi connectivity index (χ1n) is 6.97. The predicted molar refractivity (Wildman–Crippen MR) is 80.9 cm³/mol. The van der Waals surface area contributed by atoms with E-state index in [1.165, 1.54) is 0 Å².